The second-order valence-electron chi connectivity index (χ2n) is 5.35. The Morgan fingerprint density at radius 1 is 0.818 bits per heavy atom. The van der Waals surface area contributed by atoms with E-state index in [9.17, 15) is 9.59 Å². The Labute approximate surface area is 130 Å². The highest BCUT2D eigenvalue weighted by Gasteiger charge is 2.23. The quantitative estimate of drug-likeness (QED) is 0.891. The molecule has 1 atom stereocenters. The number of hydrogen-bond donors (Lipinski definition) is 2. The molecule has 0 saturated carbocycles. The van der Waals surface area contributed by atoms with Crippen LogP contribution < -0.4 is 10.6 Å². The molecule has 0 aliphatic heterocycles. The van der Waals surface area contributed by atoms with Gasteiger partial charge in [0.15, 0.2) is 0 Å². The predicted octanol–water partition coefficient (Wildman–Crippen LogP) is 2.68. The molecule has 4 nitrogen and oxygen atoms in total. The van der Waals surface area contributed by atoms with Crippen LogP contribution in [0.4, 0.5) is 0 Å². The van der Waals surface area contributed by atoms with E-state index in [0.29, 0.717) is 5.56 Å². The van der Waals surface area contributed by atoms with Crippen LogP contribution in [0.2, 0.25) is 0 Å². The Kier molecular flexibility index (Phi) is 5.31. The fourth-order valence-electron chi connectivity index (χ4n) is 2.12. The topological polar surface area (TPSA) is 58.2 Å². The van der Waals surface area contributed by atoms with Crippen molar-refractivity contribution in [2.75, 3.05) is 0 Å². The normalized spacial score (nSPS) is 11.8. The molecule has 2 amide bonds. The zero-order chi connectivity index (χ0) is 15.9. The van der Waals surface area contributed by atoms with Crippen molar-refractivity contribution in [1.29, 1.82) is 0 Å². The van der Waals surface area contributed by atoms with Gasteiger partial charge in [0.1, 0.15) is 6.04 Å². The lowest BCUT2D eigenvalue weighted by Gasteiger charge is -2.20. The lowest BCUT2D eigenvalue weighted by atomic mass is 10.0. The zero-order valence-electron chi connectivity index (χ0n) is 12.7. The van der Waals surface area contributed by atoms with Crippen LogP contribution in [0, 0.1) is 0 Å². The van der Waals surface area contributed by atoms with E-state index in [1.54, 1.807) is 24.3 Å². The summed E-state index contributed by atoms with van der Waals surface area (Å²) in [5.74, 6) is -0.487. The van der Waals surface area contributed by atoms with Crippen molar-refractivity contribution in [2.24, 2.45) is 0 Å². The Morgan fingerprint density at radius 3 is 1.91 bits per heavy atom. The van der Waals surface area contributed by atoms with Crippen molar-refractivity contribution < 1.29 is 9.59 Å². The van der Waals surface area contributed by atoms with Crippen molar-refractivity contribution in [2.45, 2.75) is 25.9 Å². The first kappa shape index (κ1) is 15.8. The molecule has 22 heavy (non-hydrogen) atoms. The van der Waals surface area contributed by atoms with Crippen LogP contribution in [-0.2, 0) is 4.79 Å². The van der Waals surface area contributed by atoms with Gasteiger partial charge in [-0.05, 0) is 31.5 Å². The molecule has 0 aromatic heterocycles. The van der Waals surface area contributed by atoms with Gasteiger partial charge in [-0.2, -0.15) is 0 Å². The monoisotopic (exact) mass is 296 g/mol. The highest BCUT2D eigenvalue weighted by atomic mass is 16.2. The van der Waals surface area contributed by atoms with E-state index in [1.165, 1.54) is 0 Å². The van der Waals surface area contributed by atoms with Crippen LogP contribution in [0.25, 0.3) is 0 Å². The van der Waals surface area contributed by atoms with Crippen molar-refractivity contribution in [3.8, 4) is 0 Å². The number of benzene rings is 2. The van der Waals surface area contributed by atoms with Crippen LogP contribution in [0.1, 0.15) is 35.8 Å². The van der Waals surface area contributed by atoms with E-state index < -0.39 is 6.04 Å². The molecule has 114 valence electrons. The number of carbonyl (C=O) groups excluding carboxylic acids is 2. The maximum atomic E-state index is 12.4. The summed E-state index contributed by atoms with van der Waals surface area (Å²) in [5.41, 5.74) is 1.28. The summed E-state index contributed by atoms with van der Waals surface area (Å²) in [5, 5.41) is 5.65. The molecular weight excluding hydrogens is 276 g/mol. The van der Waals surface area contributed by atoms with Crippen LogP contribution in [0.3, 0.4) is 0 Å². The van der Waals surface area contributed by atoms with Crippen molar-refractivity contribution in [3.05, 3.63) is 71.8 Å². The summed E-state index contributed by atoms with van der Waals surface area (Å²) in [6, 6.07) is 17.4. The van der Waals surface area contributed by atoms with E-state index in [4.69, 9.17) is 0 Å². The summed E-state index contributed by atoms with van der Waals surface area (Å²) >= 11 is 0. The van der Waals surface area contributed by atoms with Gasteiger partial charge in [-0.3, -0.25) is 9.59 Å². The Balaban J connectivity index is 2.21. The molecule has 0 heterocycles. The lowest BCUT2D eigenvalue weighted by molar-refractivity contribution is -0.123. The van der Waals surface area contributed by atoms with Gasteiger partial charge >= 0.3 is 0 Å². The third-order valence-corrected chi connectivity index (χ3v) is 3.14. The van der Waals surface area contributed by atoms with Crippen LogP contribution in [0.15, 0.2) is 60.7 Å². The first-order valence-corrected chi connectivity index (χ1v) is 7.29. The molecule has 0 aliphatic carbocycles. The van der Waals surface area contributed by atoms with Gasteiger partial charge in [0.2, 0.25) is 5.91 Å². The van der Waals surface area contributed by atoms with Gasteiger partial charge in [0.25, 0.3) is 5.91 Å². The highest BCUT2D eigenvalue weighted by molar-refractivity contribution is 5.97. The molecule has 0 fully saturated rings. The minimum absolute atomic E-state index is 0.00680. The SMILES string of the molecule is CC(C)NC(=O)C(NC(=O)c1ccccc1)c1ccccc1. The summed E-state index contributed by atoms with van der Waals surface area (Å²) < 4.78 is 0. The molecule has 0 radical (unpaired) electrons. The fourth-order valence-corrected chi connectivity index (χ4v) is 2.12. The molecule has 2 aromatic rings. The largest absolute Gasteiger partial charge is 0.352 e. The molecular formula is C18H20N2O2. The third kappa shape index (κ3) is 4.19. The van der Waals surface area contributed by atoms with Gasteiger partial charge in [0.05, 0.1) is 0 Å². The Bertz CT molecular complexity index is 624. The fraction of sp³-hybridized carbons (Fsp3) is 0.222. The molecule has 4 heteroatoms. The Hall–Kier alpha value is -2.62. The van der Waals surface area contributed by atoms with E-state index >= 15 is 0 Å². The number of carbonyl (C=O) groups is 2. The molecule has 2 N–H and O–H groups in total. The van der Waals surface area contributed by atoms with Gasteiger partial charge in [-0.15, -0.1) is 0 Å². The maximum absolute atomic E-state index is 12.4. The summed E-state index contributed by atoms with van der Waals surface area (Å²) in [6.07, 6.45) is 0. The molecule has 2 rings (SSSR count). The summed E-state index contributed by atoms with van der Waals surface area (Å²) in [7, 11) is 0. The predicted molar refractivity (Wildman–Crippen MR) is 86.4 cm³/mol. The summed E-state index contributed by atoms with van der Waals surface area (Å²) in [4.78, 5) is 24.7. The minimum Gasteiger partial charge on any atom is -0.352 e. The molecule has 0 spiro atoms. The van der Waals surface area contributed by atoms with Gasteiger partial charge in [-0.25, -0.2) is 0 Å². The van der Waals surface area contributed by atoms with Crippen molar-refractivity contribution in [3.63, 3.8) is 0 Å². The average Bonchev–Trinajstić information content (AvgIpc) is 2.53. The smallest absolute Gasteiger partial charge is 0.252 e. The maximum Gasteiger partial charge on any atom is 0.252 e. The average molecular weight is 296 g/mol. The van der Waals surface area contributed by atoms with E-state index in [1.807, 2.05) is 50.2 Å². The number of nitrogens with one attached hydrogen (secondary N) is 2. The molecule has 0 aliphatic rings. The van der Waals surface area contributed by atoms with Crippen LogP contribution in [0.5, 0.6) is 0 Å². The first-order valence-electron chi connectivity index (χ1n) is 7.29. The second-order valence-corrected chi connectivity index (χ2v) is 5.35. The van der Waals surface area contributed by atoms with Crippen LogP contribution in [-0.4, -0.2) is 17.9 Å². The summed E-state index contributed by atoms with van der Waals surface area (Å²) in [6.45, 7) is 3.78. The van der Waals surface area contributed by atoms with E-state index in [0.717, 1.165) is 5.56 Å². The minimum atomic E-state index is -0.712. The molecule has 0 saturated heterocycles. The number of amides is 2. The number of rotatable bonds is 5. The third-order valence-electron chi connectivity index (χ3n) is 3.14. The van der Waals surface area contributed by atoms with Crippen molar-refractivity contribution >= 4 is 11.8 Å². The van der Waals surface area contributed by atoms with Gasteiger partial charge in [-0.1, -0.05) is 48.5 Å². The van der Waals surface area contributed by atoms with Gasteiger partial charge in [0, 0.05) is 11.6 Å². The zero-order valence-corrected chi connectivity index (χ0v) is 12.7. The Morgan fingerprint density at radius 2 is 1.36 bits per heavy atom. The van der Waals surface area contributed by atoms with E-state index in [-0.39, 0.29) is 17.9 Å². The molecule has 2 aromatic carbocycles. The van der Waals surface area contributed by atoms with E-state index in [2.05, 4.69) is 10.6 Å². The number of hydrogen-bond acceptors (Lipinski definition) is 2. The van der Waals surface area contributed by atoms with Gasteiger partial charge < -0.3 is 10.6 Å². The molecule has 1 unspecified atom stereocenters. The molecule has 0 bridgehead atoms. The lowest BCUT2D eigenvalue weighted by Crippen LogP contribution is -2.42. The second kappa shape index (κ2) is 7.41. The standard InChI is InChI=1S/C18H20N2O2/c1-13(2)19-18(22)16(14-9-5-3-6-10-14)20-17(21)15-11-7-4-8-12-15/h3-13,16H,1-2H3,(H,19,22)(H,20,21). The highest BCUT2D eigenvalue weighted by Crippen LogP contribution is 2.14. The van der Waals surface area contributed by atoms with Crippen molar-refractivity contribution in [1.82, 2.24) is 10.6 Å². The van der Waals surface area contributed by atoms with Crippen LogP contribution >= 0.6 is 0 Å². The first-order chi connectivity index (χ1) is 10.6.